The number of aromatic amines is 1. The van der Waals surface area contributed by atoms with Gasteiger partial charge in [-0.1, -0.05) is 11.6 Å². The lowest BCUT2D eigenvalue weighted by Gasteiger charge is -2.13. The highest BCUT2D eigenvalue weighted by Gasteiger charge is 2.17. The van der Waals surface area contributed by atoms with Crippen LogP contribution in [-0.4, -0.2) is 26.3 Å². The molecular weight excluding hydrogens is 388 g/mol. The number of aromatic nitrogens is 3. The van der Waals surface area contributed by atoms with E-state index in [0.29, 0.717) is 22.0 Å². The minimum Gasteiger partial charge on any atom is -0.342 e. The van der Waals surface area contributed by atoms with Crippen LogP contribution < -0.4 is 5.32 Å². The number of fused-ring (bicyclic) bond motifs is 1. The van der Waals surface area contributed by atoms with Crippen LogP contribution in [0.3, 0.4) is 0 Å². The van der Waals surface area contributed by atoms with Gasteiger partial charge in [0.2, 0.25) is 0 Å². The Labute approximate surface area is 172 Å². The number of H-pyrrole nitrogens is 1. The molecule has 6 nitrogen and oxygen atoms in total. The zero-order chi connectivity index (χ0) is 20.5. The Morgan fingerprint density at radius 3 is 2.62 bits per heavy atom. The number of rotatable bonds is 4. The number of amides is 1. The van der Waals surface area contributed by atoms with Crippen LogP contribution in [0, 0.1) is 6.92 Å². The number of carbonyl (C=O) groups is 2. The van der Waals surface area contributed by atoms with Crippen molar-refractivity contribution < 1.29 is 9.59 Å². The fourth-order valence-electron chi connectivity index (χ4n) is 3.21. The molecule has 2 aromatic heterocycles. The van der Waals surface area contributed by atoms with Gasteiger partial charge in [0, 0.05) is 28.5 Å². The molecule has 0 saturated heterocycles. The monoisotopic (exact) mass is 406 g/mol. The number of hydrogen-bond donors (Lipinski definition) is 2. The maximum atomic E-state index is 12.7. The third kappa shape index (κ3) is 3.79. The first-order chi connectivity index (χ1) is 13.9. The van der Waals surface area contributed by atoms with E-state index >= 15 is 0 Å². The third-order valence-corrected chi connectivity index (χ3v) is 5.01. The molecule has 0 saturated carbocycles. The molecule has 0 fully saturated rings. The summed E-state index contributed by atoms with van der Waals surface area (Å²) >= 11 is 6.01. The van der Waals surface area contributed by atoms with E-state index in [1.54, 1.807) is 54.9 Å². The lowest BCUT2D eigenvalue weighted by Crippen LogP contribution is -2.27. The molecule has 0 aliphatic rings. The second-order valence-corrected chi connectivity index (χ2v) is 7.34. The molecule has 0 bridgehead atoms. The van der Waals surface area contributed by atoms with E-state index < -0.39 is 0 Å². The molecule has 0 radical (unpaired) electrons. The molecule has 1 unspecified atom stereocenters. The van der Waals surface area contributed by atoms with Gasteiger partial charge in [-0.3, -0.25) is 14.2 Å². The van der Waals surface area contributed by atoms with Gasteiger partial charge in [0.1, 0.15) is 5.82 Å². The van der Waals surface area contributed by atoms with Gasteiger partial charge in [-0.05, 0) is 67.9 Å². The summed E-state index contributed by atoms with van der Waals surface area (Å²) in [6, 6.07) is 13.7. The van der Waals surface area contributed by atoms with Crippen LogP contribution in [0.5, 0.6) is 0 Å². The zero-order valence-corrected chi connectivity index (χ0v) is 16.7. The molecule has 2 N–H and O–H groups in total. The Balaban J connectivity index is 1.51. The predicted molar refractivity (Wildman–Crippen MR) is 112 cm³/mol. The summed E-state index contributed by atoms with van der Waals surface area (Å²) in [7, 11) is 0. The van der Waals surface area contributed by atoms with Crippen LogP contribution >= 0.6 is 11.6 Å². The molecule has 0 spiro atoms. The first-order valence-electron chi connectivity index (χ1n) is 9.17. The van der Waals surface area contributed by atoms with Gasteiger partial charge in [0.15, 0.2) is 0 Å². The summed E-state index contributed by atoms with van der Waals surface area (Å²) in [5, 5.41) is 3.56. The van der Waals surface area contributed by atoms with Crippen molar-refractivity contribution >= 4 is 34.4 Å². The van der Waals surface area contributed by atoms with Crippen LogP contribution in [0.15, 0.2) is 60.9 Å². The van der Waals surface area contributed by atoms with Gasteiger partial charge >= 0.3 is 0 Å². The van der Waals surface area contributed by atoms with E-state index in [1.165, 1.54) is 4.57 Å². The van der Waals surface area contributed by atoms with Gasteiger partial charge in [0.05, 0.1) is 17.1 Å². The largest absolute Gasteiger partial charge is 0.342 e. The standard InChI is InChI=1S/C22H19ClN4O2/c1-13-11-15(5-7-17(13)22(29)27-9-3-4-10-27)21(28)24-14(2)20-25-18-8-6-16(23)12-19(18)26-20/h3-12,14H,1-2H3,(H,24,28)(H,25,26). The number of aryl methyl sites for hydroxylation is 1. The summed E-state index contributed by atoms with van der Waals surface area (Å²) in [5.41, 5.74) is 3.38. The zero-order valence-electron chi connectivity index (χ0n) is 15.9. The van der Waals surface area contributed by atoms with Crippen LogP contribution in [0.1, 0.15) is 45.1 Å². The lowest BCUT2D eigenvalue weighted by atomic mass is 10.0. The molecule has 1 atom stereocenters. The van der Waals surface area contributed by atoms with Crippen LogP contribution in [-0.2, 0) is 0 Å². The second kappa shape index (κ2) is 7.56. The minimum atomic E-state index is -0.324. The Morgan fingerprint density at radius 1 is 1.14 bits per heavy atom. The Hall–Kier alpha value is -3.38. The minimum absolute atomic E-state index is 0.131. The van der Waals surface area contributed by atoms with Crippen molar-refractivity contribution in [1.82, 2.24) is 19.9 Å². The van der Waals surface area contributed by atoms with Crippen molar-refractivity contribution in [2.24, 2.45) is 0 Å². The Bertz CT molecular complexity index is 1210. The van der Waals surface area contributed by atoms with Crippen molar-refractivity contribution in [3.8, 4) is 0 Å². The topological polar surface area (TPSA) is 79.8 Å². The van der Waals surface area contributed by atoms with E-state index in [0.717, 1.165) is 16.6 Å². The Morgan fingerprint density at radius 2 is 1.90 bits per heavy atom. The normalized spacial score (nSPS) is 12.1. The smallest absolute Gasteiger partial charge is 0.262 e. The fourth-order valence-corrected chi connectivity index (χ4v) is 3.38. The number of halogens is 1. The molecular formula is C22H19ClN4O2. The number of benzene rings is 2. The highest BCUT2D eigenvalue weighted by Crippen LogP contribution is 2.20. The van der Waals surface area contributed by atoms with Crippen molar-refractivity contribution in [2.45, 2.75) is 19.9 Å². The van der Waals surface area contributed by atoms with Crippen molar-refractivity contribution in [1.29, 1.82) is 0 Å². The molecule has 0 aliphatic heterocycles. The van der Waals surface area contributed by atoms with Crippen molar-refractivity contribution in [2.75, 3.05) is 0 Å². The highest BCUT2D eigenvalue weighted by atomic mass is 35.5. The van der Waals surface area contributed by atoms with Gasteiger partial charge in [-0.15, -0.1) is 0 Å². The number of carbonyl (C=O) groups excluding carboxylic acids is 2. The van der Waals surface area contributed by atoms with E-state index in [-0.39, 0.29) is 17.9 Å². The lowest BCUT2D eigenvalue weighted by molar-refractivity contribution is 0.0933. The average molecular weight is 407 g/mol. The van der Waals surface area contributed by atoms with Gasteiger partial charge in [-0.2, -0.15) is 0 Å². The summed E-state index contributed by atoms with van der Waals surface area (Å²) in [6.07, 6.45) is 3.40. The van der Waals surface area contributed by atoms with Gasteiger partial charge in [0.25, 0.3) is 11.8 Å². The van der Waals surface area contributed by atoms with Crippen LogP contribution in [0.2, 0.25) is 5.02 Å². The second-order valence-electron chi connectivity index (χ2n) is 6.90. The molecule has 4 rings (SSSR count). The molecule has 146 valence electrons. The van der Waals surface area contributed by atoms with Crippen molar-refractivity contribution in [3.63, 3.8) is 0 Å². The number of nitrogens with zero attached hydrogens (tertiary/aromatic N) is 2. The predicted octanol–water partition coefficient (Wildman–Crippen LogP) is 4.51. The van der Waals surface area contributed by atoms with E-state index in [4.69, 9.17) is 11.6 Å². The SMILES string of the molecule is Cc1cc(C(=O)NC(C)c2nc3ccc(Cl)cc3[nH]2)ccc1C(=O)n1cccc1. The van der Waals surface area contributed by atoms with Crippen LogP contribution in [0.4, 0.5) is 0 Å². The maximum Gasteiger partial charge on any atom is 0.262 e. The summed E-state index contributed by atoms with van der Waals surface area (Å²) in [5.74, 6) is 0.277. The number of imidazole rings is 1. The van der Waals surface area contributed by atoms with Gasteiger partial charge < -0.3 is 10.3 Å². The molecule has 2 heterocycles. The quantitative estimate of drug-likeness (QED) is 0.523. The van der Waals surface area contributed by atoms with Crippen molar-refractivity contribution in [3.05, 3.63) is 88.5 Å². The first-order valence-corrected chi connectivity index (χ1v) is 9.54. The fraction of sp³-hybridized carbons (Fsp3) is 0.136. The molecule has 29 heavy (non-hydrogen) atoms. The van der Waals surface area contributed by atoms with E-state index in [2.05, 4.69) is 15.3 Å². The van der Waals surface area contributed by atoms with Crippen LogP contribution in [0.25, 0.3) is 11.0 Å². The highest BCUT2D eigenvalue weighted by molar-refractivity contribution is 6.31. The first kappa shape index (κ1) is 19.0. The number of hydrogen-bond acceptors (Lipinski definition) is 3. The summed E-state index contributed by atoms with van der Waals surface area (Å²) in [6.45, 7) is 3.67. The van der Waals surface area contributed by atoms with E-state index in [1.807, 2.05) is 19.9 Å². The van der Waals surface area contributed by atoms with E-state index in [9.17, 15) is 9.59 Å². The summed E-state index contributed by atoms with van der Waals surface area (Å²) in [4.78, 5) is 32.9. The third-order valence-electron chi connectivity index (χ3n) is 4.78. The molecule has 1 amide bonds. The molecule has 4 aromatic rings. The molecule has 7 heteroatoms. The molecule has 0 aliphatic carbocycles. The maximum absolute atomic E-state index is 12.7. The van der Waals surface area contributed by atoms with Gasteiger partial charge in [-0.25, -0.2) is 4.98 Å². The molecule has 2 aromatic carbocycles. The Kier molecular flexibility index (Phi) is 4.94. The number of nitrogens with one attached hydrogen (secondary N) is 2. The average Bonchev–Trinajstić information content (AvgIpc) is 3.36. The summed E-state index contributed by atoms with van der Waals surface area (Å²) < 4.78 is 1.51.